The Labute approximate surface area is 113 Å². The summed E-state index contributed by atoms with van der Waals surface area (Å²) in [6, 6.07) is 15.6. The number of ether oxygens (including phenoxy) is 1. The zero-order valence-electron chi connectivity index (χ0n) is 11.3. The highest BCUT2D eigenvalue weighted by molar-refractivity contribution is 5.48. The Hall–Kier alpha value is -2.00. The second-order valence-corrected chi connectivity index (χ2v) is 4.49. The molecule has 0 amide bonds. The van der Waals surface area contributed by atoms with Crippen LogP contribution in [0, 0.1) is 6.92 Å². The number of rotatable bonds is 5. The number of hydrogen-bond acceptors (Lipinski definition) is 3. The molecule has 0 fully saturated rings. The zero-order valence-corrected chi connectivity index (χ0v) is 11.3. The van der Waals surface area contributed by atoms with Crippen LogP contribution in [-0.2, 0) is 0 Å². The van der Waals surface area contributed by atoms with Gasteiger partial charge in [-0.05, 0) is 25.1 Å². The van der Waals surface area contributed by atoms with E-state index in [-0.39, 0.29) is 12.6 Å². The Bertz CT molecular complexity index is 523. The number of nitrogens with one attached hydrogen (secondary N) is 1. The predicted molar refractivity (Wildman–Crippen MR) is 77.6 cm³/mol. The van der Waals surface area contributed by atoms with Crippen LogP contribution in [0.15, 0.2) is 48.5 Å². The van der Waals surface area contributed by atoms with Gasteiger partial charge in [0, 0.05) is 11.3 Å². The first-order valence-corrected chi connectivity index (χ1v) is 6.31. The third kappa shape index (κ3) is 3.26. The molecule has 19 heavy (non-hydrogen) atoms. The van der Waals surface area contributed by atoms with E-state index in [2.05, 4.69) is 5.32 Å². The molecule has 0 saturated heterocycles. The number of benzene rings is 2. The molecule has 100 valence electrons. The van der Waals surface area contributed by atoms with Crippen molar-refractivity contribution >= 4 is 5.69 Å². The fourth-order valence-corrected chi connectivity index (χ4v) is 2.03. The molecule has 2 aromatic rings. The molecule has 2 aromatic carbocycles. The molecule has 1 unspecified atom stereocenters. The van der Waals surface area contributed by atoms with Gasteiger partial charge in [0.1, 0.15) is 5.75 Å². The maximum absolute atomic E-state index is 9.60. The first-order valence-electron chi connectivity index (χ1n) is 6.31. The second-order valence-electron chi connectivity index (χ2n) is 4.49. The van der Waals surface area contributed by atoms with Crippen molar-refractivity contribution in [1.29, 1.82) is 0 Å². The van der Waals surface area contributed by atoms with Gasteiger partial charge in [0.2, 0.25) is 0 Å². The molecule has 0 heterocycles. The lowest BCUT2D eigenvalue weighted by molar-refractivity contribution is 0.273. The Kier molecular flexibility index (Phi) is 4.42. The average Bonchev–Trinajstić information content (AvgIpc) is 2.46. The highest BCUT2D eigenvalue weighted by atomic mass is 16.5. The Morgan fingerprint density at radius 3 is 2.42 bits per heavy atom. The van der Waals surface area contributed by atoms with E-state index in [0.29, 0.717) is 0 Å². The van der Waals surface area contributed by atoms with Gasteiger partial charge >= 0.3 is 0 Å². The van der Waals surface area contributed by atoms with Crippen LogP contribution in [0.4, 0.5) is 5.69 Å². The standard InChI is InChI=1S/C16H19NO2/c1-12-7-9-13(10-8-12)17-15(11-18)14-5-3-4-6-16(14)19-2/h3-10,15,17-18H,11H2,1-2H3. The van der Waals surface area contributed by atoms with Crippen molar-refractivity contribution in [1.82, 2.24) is 0 Å². The van der Waals surface area contributed by atoms with Crippen LogP contribution in [0.1, 0.15) is 17.2 Å². The minimum Gasteiger partial charge on any atom is -0.496 e. The monoisotopic (exact) mass is 257 g/mol. The van der Waals surface area contributed by atoms with Crippen molar-refractivity contribution in [2.45, 2.75) is 13.0 Å². The van der Waals surface area contributed by atoms with Gasteiger partial charge in [0.25, 0.3) is 0 Å². The smallest absolute Gasteiger partial charge is 0.124 e. The fraction of sp³-hybridized carbons (Fsp3) is 0.250. The molecule has 0 bridgehead atoms. The minimum absolute atomic E-state index is 0.00818. The summed E-state index contributed by atoms with van der Waals surface area (Å²) in [6.07, 6.45) is 0. The molecule has 0 saturated carbocycles. The van der Waals surface area contributed by atoms with Crippen LogP contribution >= 0.6 is 0 Å². The largest absolute Gasteiger partial charge is 0.496 e. The Morgan fingerprint density at radius 2 is 1.79 bits per heavy atom. The van der Waals surface area contributed by atoms with Crippen molar-refractivity contribution in [3.63, 3.8) is 0 Å². The van der Waals surface area contributed by atoms with Crippen LogP contribution < -0.4 is 10.1 Å². The van der Waals surface area contributed by atoms with Gasteiger partial charge in [-0.1, -0.05) is 35.9 Å². The molecule has 0 aliphatic heterocycles. The second kappa shape index (κ2) is 6.25. The van der Waals surface area contributed by atoms with E-state index in [1.54, 1.807) is 7.11 Å². The van der Waals surface area contributed by atoms with Crippen LogP contribution in [-0.4, -0.2) is 18.8 Å². The van der Waals surface area contributed by atoms with Gasteiger partial charge in [0.15, 0.2) is 0 Å². The summed E-state index contributed by atoms with van der Waals surface area (Å²) < 4.78 is 5.33. The summed E-state index contributed by atoms with van der Waals surface area (Å²) in [5.74, 6) is 0.779. The minimum atomic E-state index is -0.182. The number of para-hydroxylation sites is 1. The third-order valence-electron chi connectivity index (χ3n) is 3.09. The van der Waals surface area contributed by atoms with Crippen LogP contribution in [0.2, 0.25) is 0 Å². The van der Waals surface area contributed by atoms with E-state index < -0.39 is 0 Å². The summed E-state index contributed by atoms with van der Waals surface area (Å²) in [4.78, 5) is 0. The van der Waals surface area contributed by atoms with Crippen molar-refractivity contribution in [3.05, 3.63) is 59.7 Å². The molecule has 0 spiro atoms. The third-order valence-corrected chi connectivity index (χ3v) is 3.09. The van der Waals surface area contributed by atoms with Crippen molar-refractivity contribution in [2.75, 3.05) is 19.0 Å². The molecule has 0 aliphatic rings. The van der Waals surface area contributed by atoms with E-state index in [4.69, 9.17) is 4.74 Å². The summed E-state index contributed by atoms with van der Waals surface area (Å²) in [6.45, 7) is 2.06. The molecular weight excluding hydrogens is 238 g/mol. The first-order chi connectivity index (χ1) is 9.24. The number of anilines is 1. The molecule has 2 rings (SSSR count). The summed E-state index contributed by atoms with van der Waals surface area (Å²) in [5.41, 5.74) is 3.15. The predicted octanol–water partition coefficient (Wildman–Crippen LogP) is 3.15. The van der Waals surface area contributed by atoms with E-state index in [9.17, 15) is 5.11 Å². The fourth-order valence-electron chi connectivity index (χ4n) is 2.03. The molecular formula is C16H19NO2. The number of hydrogen-bond donors (Lipinski definition) is 2. The van der Waals surface area contributed by atoms with E-state index in [0.717, 1.165) is 17.0 Å². The summed E-state index contributed by atoms with van der Waals surface area (Å²) >= 11 is 0. The number of methoxy groups -OCH3 is 1. The number of aliphatic hydroxyl groups is 1. The number of aryl methyl sites for hydroxylation is 1. The van der Waals surface area contributed by atoms with E-state index >= 15 is 0 Å². The lowest BCUT2D eigenvalue weighted by Gasteiger charge is -2.20. The van der Waals surface area contributed by atoms with Crippen LogP contribution in [0.25, 0.3) is 0 Å². The topological polar surface area (TPSA) is 41.5 Å². The van der Waals surface area contributed by atoms with Crippen LogP contribution in [0.5, 0.6) is 5.75 Å². The molecule has 0 radical (unpaired) electrons. The molecule has 3 nitrogen and oxygen atoms in total. The lowest BCUT2D eigenvalue weighted by atomic mass is 10.1. The highest BCUT2D eigenvalue weighted by Gasteiger charge is 2.14. The molecule has 1 atom stereocenters. The van der Waals surface area contributed by atoms with Gasteiger partial charge in [-0.2, -0.15) is 0 Å². The summed E-state index contributed by atoms with van der Waals surface area (Å²) in [7, 11) is 1.64. The van der Waals surface area contributed by atoms with Crippen molar-refractivity contribution in [3.8, 4) is 5.75 Å². The SMILES string of the molecule is COc1ccccc1C(CO)Nc1ccc(C)cc1. The lowest BCUT2D eigenvalue weighted by Crippen LogP contribution is -2.15. The van der Waals surface area contributed by atoms with Crippen molar-refractivity contribution < 1.29 is 9.84 Å². The van der Waals surface area contributed by atoms with E-state index in [1.165, 1.54) is 5.56 Å². The van der Waals surface area contributed by atoms with Gasteiger partial charge < -0.3 is 15.2 Å². The summed E-state index contributed by atoms with van der Waals surface area (Å²) in [5, 5.41) is 12.9. The zero-order chi connectivity index (χ0) is 13.7. The van der Waals surface area contributed by atoms with Gasteiger partial charge in [-0.15, -0.1) is 0 Å². The normalized spacial score (nSPS) is 11.9. The maximum Gasteiger partial charge on any atom is 0.124 e. The quantitative estimate of drug-likeness (QED) is 0.864. The molecule has 3 heteroatoms. The van der Waals surface area contributed by atoms with Crippen LogP contribution in [0.3, 0.4) is 0 Å². The molecule has 0 aromatic heterocycles. The van der Waals surface area contributed by atoms with Crippen molar-refractivity contribution in [2.24, 2.45) is 0 Å². The molecule has 2 N–H and O–H groups in total. The highest BCUT2D eigenvalue weighted by Crippen LogP contribution is 2.27. The first kappa shape index (κ1) is 13.4. The Balaban J connectivity index is 2.22. The van der Waals surface area contributed by atoms with E-state index in [1.807, 2.05) is 55.5 Å². The van der Waals surface area contributed by atoms with Gasteiger partial charge in [0.05, 0.1) is 19.8 Å². The molecule has 0 aliphatic carbocycles. The average molecular weight is 257 g/mol. The maximum atomic E-state index is 9.60. The number of aliphatic hydroxyl groups excluding tert-OH is 1. The van der Waals surface area contributed by atoms with Gasteiger partial charge in [-0.25, -0.2) is 0 Å². The Morgan fingerprint density at radius 1 is 1.11 bits per heavy atom. The van der Waals surface area contributed by atoms with Gasteiger partial charge in [-0.3, -0.25) is 0 Å².